The molecule has 1 aromatic rings. The molecule has 1 aromatic carbocycles. The van der Waals surface area contributed by atoms with Gasteiger partial charge in [-0.05, 0) is 31.0 Å². The SMILES string of the molecule is CCCCCOc1ccc(CC(=O)CC)cc1OCC. The maximum Gasteiger partial charge on any atom is 0.161 e. The number of unbranched alkanes of at least 4 members (excludes halogenated alkanes) is 2. The summed E-state index contributed by atoms with van der Waals surface area (Å²) in [5.74, 6) is 1.75. The predicted octanol–water partition coefficient (Wildman–Crippen LogP) is 4.18. The Morgan fingerprint density at radius 2 is 1.85 bits per heavy atom. The third kappa shape index (κ3) is 5.64. The Kier molecular flexibility index (Phi) is 7.78. The van der Waals surface area contributed by atoms with Gasteiger partial charge >= 0.3 is 0 Å². The van der Waals surface area contributed by atoms with Crippen molar-refractivity contribution in [2.24, 2.45) is 0 Å². The van der Waals surface area contributed by atoms with Crippen LogP contribution in [0.15, 0.2) is 18.2 Å². The van der Waals surface area contributed by atoms with Crippen molar-refractivity contribution < 1.29 is 14.3 Å². The molecule has 0 saturated heterocycles. The molecule has 0 radical (unpaired) electrons. The molecule has 0 spiro atoms. The molecular weight excluding hydrogens is 252 g/mol. The van der Waals surface area contributed by atoms with Gasteiger partial charge in [-0.1, -0.05) is 32.8 Å². The number of carbonyl (C=O) groups excluding carboxylic acids is 1. The van der Waals surface area contributed by atoms with Crippen LogP contribution >= 0.6 is 0 Å². The van der Waals surface area contributed by atoms with E-state index in [-0.39, 0.29) is 5.78 Å². The standard InChI is InChI=1S/C17H26O3/c1-4-7-8-11-20-16-10-9-14(12-15(18)5-2)13-17(16)19-6-3/h9-10,13H,4-8,11-12H2,1-3H3. The first kappa shape index (κ1) is 16.5. The number of ketones is 1. The van der Waals surface area contributed by atoms with Crippen molar-refractivity contribution in [2.75, 3.05) is 13.2 Å². The highest BCUT2D eigenvalue weighted by atomic mass is 16.5. The number of hydrogen-bond acceptors (Lipinski definition) is 3. The summed E-state index contributed by atoms with van der Waals surface area (Å²) in [5, 5.41) is 0. The first-order valence-electron chi connectivity index (χ1n) is 7.61. The zero-order valence-electron chi connectivity index (χ0n) is 12.9. The van der Waals surface area contributed by atoms with Gasteiger partial charge in [0.2, 0.25) is 0 Å². The lowest BCUT2D eigenvalue weighted by atomic mass is 10.1. The number of rotatable bonds is 10. The maximum atomic E-state index is 11.5. The molecule has 0 aliphatic carbocycles. The second kappa shape index (κ2) is 9.40. The molecule has 0 atom stereocenters. The largest absolute Gasteiger partial charge is 0.490 e. The van der Waals surface area contributed by atoms with E-state index in [2.05, 4.69) is 6.92 Å². The highest BCUT2D eigenvalue weighted by Gasteiger charge is 2.08. The summed E-state index contributed by atoms with van der Waals surface area (Å²) < 4.78 is 11.4. The first-order valence-corrected chi connectivity index (χ1v) is 7.61. The summed E-state index contributed by atoms with van der Waals surface area (Å²) in [6.07, 6.45) is 4.44. The van der Waals surface area contributed by atoms with Crippen LogP contribution in [0.1, 0.15) is 52.0 Å². The molecule has 20 heavy (non-hydrogen) atoms. The van der Waals surface area contributed by atoms with Gasteiger partial charge in [0.05, 0.1) is 13.2 Å². The van der Waals surface area contributed by atoms with Crippen LogP contribution in [0.2, 0.25) is 0 Å². The van der Waals surface area contributed by atoms with Crippen molar-refractivity contribution >= 4 is 5.78 Å². The van der Waals surface area contributed by atoms with Gasteiger partial charge in [-0.2, -0.15) is 0 Å². The van der Waals surface area contributed by atoms with Crippen molar-refractivity contribution in [3.05, 3.63) is 23.8 Å². The molecule has 0 aromatic heterocycles. The molecule has 0 fully saturated rings. The lowest BCUT2D eigenvalue weighted by molar-refractivity contribution is -0.118. The molecule has 0 aliphatic heterocycles. The van der Waals surface area contributed by atoms with Crippen molar-refractivity contribution in [1.82, 2.24) is 0 Å². The van der Waals surface area contributed by atoms with E-state index in [1.165, 1.54) is 12.8 Å². The smallest absolute Gasteiger partial charge is 0.161 e. The highest BCUT2D eigenvalue weighted by molar-refractivity contribution is 5.80. The number of hydrogen-bond donors (Lipinski definition) is 0. The molecule has 0 N–H and O–H groups in total. The van der Waals surface area contributed by atoms with Crippen LogP contribution in [0.25, 0.3) is 0 Å². The van der Waals surface area contributed by atoms with Crippen molar-refractivity contribution in [3.8, 4) is 11.5 Å². The molecular formula is C17H26O3. The van der Waals surface area contributed by atoms with Crippen LogP contribution in [0, 0.1) is 0 Å². The normalized spacial score (nSPS) is 10.3. The Morgan fingerprint density at radius 1 is 1.05 bits per heavy atom. The summed E-state index contributed by atoms with van der Waals surface area (Å²) >= 11 is 0. The summed E-state index contributed by atoms with van der Waals surface area (Å²) in [5.41, 5.74) is 0.987. The van der Waals surface area contributed by atoms with Crippen LogP contribution in [-0.2, 0) is 11.2 Å². The fraction of sp³-hybridized carbons (Fsp3) is 0.588. The van der Waals surface area contributed by atoms with Gasteiger partial charge in [0.1, 0.15) is 5.78 Å². The molecule has 3 heteroatoms. The van der Waals surface area contributed by atoms with E-state index < -0.39 is 0 Å². The molecule has 0 saturated carbocycles. The number of Topliss-reactive ketones (excluding diaryl/α,β-unsaturated/α-hetero) is 1. The van der Waals surface area contributed by atoms with Gasteiger partial charge in [0, 0.05) is 12.8 Å². The fourth-order valence-corrected chi connectivity index (χ4v) is 1.94. The van der Waals surface area contributed by atoms with Gasteiger partial charge in [-0.15, -0.1) is 0 Å². The number of benzene rings is 1. The van der Waals surface area contributed by atoms with E-state index in [0.717, 1.165) is 23.5 Å². The Labute approximate surface area is 122 Å². The third-order valence-corrected chi connectivity index (χ3v) is 3.11. The Morgan fingerprint density at radius 3 is 2.50 bits per heavy atom. The average molecular weight is 278 g/mol. The van der Waals surface area contributed by atoms with Gasteiger partial charge < -0.3 is 9.47 Å². The zero-order chi connectivity index (χ0) is 14.8. The van der Waals surface area contributed by atoms with E-state index in [4.69, 9.17) is 9.47 Å². The van der Waals surface area contributed by atoms with Crippen LogP contribution in [-0.4, -0.2) is 19.0 Å². The van der Waals surface area contributed by atoms with Crippen molar-refractivity contribution in [3.63, 3.8) is 0 Å². The van der Waals surface area contributed by atoms with Gasteiger partial charge in [-0.25, -0.2) is 0 Å². The molecule has 0 amide bonds. The molecule has 112 valence electrons. The summed E-state index contributed by atoms with van der Waals surface area (Å²) in [4.78, 5) is 11.5. The molecule has 1 rings (SSSR count). The topological polar surface area (TPSA) is 35.5 Å². The predicted molar refractivity (Wildman–Crippen MR) is 81.6 cm³/mol. The number of carbonyl (C=O) groups is 1. The Hall–Kier alpha value is -1.51. The lowest BCUT2D eigenvalue weighted by Crippen LogP contribution is -2.04. The molecule has 3 nitrogen and oxygen atoms in total. The summed E-state index contributed by atoms with van der Waals surface area (Å²) in [7, 11) is 0. The van der Waals surface area contributed by atoms with E-state index in [1.54, 1.807) is 0 Å². The third-order valence-electron chi connectivity index (χ3n) is 3.11. The molecule has 0 aliphatic rings. The van der Waals surface area contributed by atoms with Gasteiger partial charge in [0.15, 0.2) is 11.5 Å². The quantitative estimate of drug-likeness (QED) is 0.602. The van der Waals surface area contributed by atoms with Crippen molar-refractivity contribution in [2.45, 2.75) is 52.9 Å². The Balaban J connectivity index is 2.70. The lowest BCUT2D eigenvalue weighted by Gasteiger charge is -2.13. The minimum atomic E-state index is 0.240. The number of ether oxygens (including phenoxy) is 2. The molecule has 0 heterocycles. The second-order valence-electron chi connectivity index (χ2n) is 4.84. The van der Waals surface area contributed by atoms with E-state index in [0.29, 0.717) is 26.1 Å². The second-order valence-corrected chi connectivity index (χ2v) is 4.84. The minimum Gasteiger partial charge on any atom is -0.490 e. The van der Waals surface area contributed by atoms with Gasteiger partial charge in [0.25, 0.3) is 0 Å². The highest BCUT2D eigenvalue weighted by Crippen LogP contribution is 2.29. The first-order chi connectivity index (χ1) is 9.71. The van der Waals surface area contributed by atoms with Crippen LogP contribution < -0.4 is 9.47 Å². The van der Waals surface area contributed by atoms with E-state index in [1.807, 2.05) is 32.0 Å². The molecule has 0 unspecified atom stereocenters. The Bertz CT molecular complexity index is 413. The van der Waals surface area contributed by atoms with Crippen LogP contribution in [0.4, 0.5) is 0 Å². The molecule has 0 bridgehead atoms. The average Bonchev–Trinajstić information content (AvgIpc) is 2.45. The zero-order valence-corrected chi connectivity index (χ0v) is 12.9. The van der Waals surface area contributed by atoms with Crippen molar-refractivity contribution in [1.29, 1.82) is 0 Å². The van der Waals surface area contributed by atoms with Crippen LogP contribution in [0.3, 0.4) is 0 Å². The maximum absolute atomic E-state index is 11.5. The summed E-state index contributed by atoms with van der Waals surface area (Å²) in [6, 6.07) is 5.78. The monoisotopic (exact) mass is 278 g/mol. The summed E-state index contributed by atoms with van der Waals surface area (Å²) in [6.45, 7) is 7.31. The van der Waals surface area contributed by atoms with E-state index in [9.17, 15) is 4.79 Å². The van der Waals surface area contributed by atoms with E-state index >= 15 is 0 Å². The van der Waals surface area contributed by atoms with Crippen LogP contribution in [0.5, 0.6) is 11.5 Å². The minimum absolute atomic E-state index is 0.240. The fourth-order valence-electron chi connectivity index (χ4n) is 1.94. The van der Waals surface area contributed by atoms with Gasteiger partial charge in [-0.3, -0.25) is 4.79 Å².